The molecule has 0 radical (unpaired) electrons. The van der Waals surface area contributed by atoms with Gasteiger partial charge in [0.25, 0.3) is 0 Å². The van der Waals surface area contributed by atoms with Crippen LogP contribution in [0.5, 0.6) is 0 Å². The number of ether oxygens (including phenoxy) is 1. The molecule has 1 aliphatic carbocycles. The van der Waals surface area contributed by atoms with E-state index >= 15 is 0 Å². The van der Waals surface area contributed by atoms with Crippen LogP contribution in [0.1, 0.15) is 45.4 Å². The summed E-state index contributed by atoms with van der Waals surface area (Å²) in [6.45, 7) is 3.16. The standard InChI is InChI=1S/C11H20O2/c1-2-5-11(12)9-13-8-10-6-3-4-7-10/h10H,2-9H2,1H3. The molecule has 1 aliphatic rings. The number of Topliss-reactive ketones (excluding diaryl/α,β-unsaturated/α-hetero) is 1. The van der Waals surface area contributed by atoms with Crippen LogP contribution in [0.4, 0.5) is 0 Å². The highest BCUT2D eigenvalue weighted by atomic mass is 16.5. The van der Waals surface area contributed by atoms with Crippen molar-refractivity contribution in [2.75, 3.05) is 13.2 Å². The predicted octanol–water partition coefficient (Wildman–Crippen LogP) is 2.56. The van der Waals surface area contributed by atoms with Crippen molar-refractivity contribution in [2.45, 2.75) is 45.4 Å². The summed E-state index contributed by atoms with van der Waals surface area (Å²) in [5.74, 6) is 0.981. The lowest BCUT2D eigenvalue weighted by Gasteiger charge is -2.08. The first-order valence-corrected chi connectivity index (χ1v) is 5.42. The Morgan fingerprint density at radius 2 is 2.08 bits per heavy atom. The molecule has 0 amide bonds. The molecule has 76 valence electrons. The van der Waals surface area contributed by atoms with Crippen molar-refractivity contribution in [3.8, 4) is 0 Å². The first kappa shape index (κ1) is 10.7. The first-order valence-electron chi connectivity index (χ1n) is 5.42. The van der Waals surface area contributed by atoms with E-state index in [0.717, 1.165) is 18.9 Å². The van der Waals surface area contributed by atoms with E-state index in [2.05, 4.69) is 0 Å². The first-order chi connectivity index (χ1) is 6.33. The van der Waals surface area contributed by atoms with Crippen molar-refractivity contribution in [1.29, 1.82) is 0 Å². The van der Waals surface area contributed by atoms with Crippen LogP contribution in [-0.4, -0.2) is 19.0 Å². The van der Waals surface area contributed by atoms with Gasteiger partial charge in [-0.2, -0.15) is 0 Å². The van der Waals surface area contributed by atoms with Gasteiger partial charge in [-0.05, 0) is 25.2 Å². The lowest BCUT2D eigenvalue weighted by Crippen LogP contribution is -2.12. The zero-order valence-corrected chi connectivity index (χ0v) is 8.55. The molecule has 0 aliphatic heterocycles. The van der Waals surface area contributed by atoms with E-state index in [-0.39, 0.29) is 5.78 Å². The molecule has 0 bridgehead atoms. The molecule has 1 fully saturated rings. The molecular weight excluding hydrogens is 164 g/mol. The Balaban J connectivity index is 1.96. The van der Waals surface area contributed by atoms with Crippen molar-refractivity contribution in [3.63, 3.8) is 0 Å². The van der Waals surface area contributed by atoms with E-state index < -0.39 is 0 Å². The number of rotatable bonds is 6. The fraction of sp³-hybridized carbons (Fsp3) is 0.909. The predicted molar refractivity (Wildman–Crippen MR) is 52.7 cm³/mol. The van der Waals surface area contributed by atoms with Crippen LogP contribution >= 0.6 is 0 Å². The average Bonchev–Trinajstić information content (AvgIpc) is 2.57. The zero-order valence-electron chi connectivity index (χ0n) is 8.55. The molecule has 0 heterocycles. The van der Waals surface area contributed by atoms with Gasteiger partial charge in [-0.25, -0.2) is 0 Å². The van der Waals surface area contributed by atoms with Crippen LogP contribution in [0.2, 0.25) is 0 Å². The minimum atomic E-state index is 0.250. The molecule has 1 rings (SSSR count). The lowest BCUT2D eigenvalue weighted by atomic mass is 10.1. The molecule has 0 aromatic rings. The molecule has 0 atom stereocenters. The van der Waals surface area contributed by atoms with E-state index in [1.165, 1.54) is 25.7 Å². The summed E-state index contributed by atoms with van der Waals surface area (Å²) in [6.07, 6.45) is 6.88. The number of hydrogen-bond acceptors (Lipinski definition) is 2. The summed E-state index contributed by atoms with van der Waals surface area (Å²) < 4.78 is 5.38. The average molecular weight is 184 g/mol. The zero-order chi connectivity index (χ0) is 9.52. The van der Waals surface area contributed by atoms with Gasteiger partial charge in [0.05, 0.1) is 0 Å². The molecule has 2 heteroatoms. The maximum Gasteiger partial charge on any atom is 0.158 e. The van der Waals surface area contributed by atoms with E-state index in [1.807, 2.05) is 6.92 Å². The Labute approximate surface area is 80.7 Å². The molecule has 1 saturated carbocycles. The van der Waals surface area contributed by atoms with Crippen LogP contribution in [-0.2, 0) is 9.53 Å². The largest absolute Gasteiger partial charge is 0.373 e. The van der Waals surface area contributed by atoms with Crippen LogP contribution in [0, 0.1) is 5.92 Å². The smallest absolute Gasteiger partial charge is 0.158 e. The third-order valence-corrected chi connectivity index (χ3v) is 2.62. The van der Waals surface area contributed by atoms with Gasteiger partial charge in [0.2, 0.25) is 0 Å². The molecule has 0 spiro atoms. The molecule has 0 unspecified atom stereocenters. The highest BCUT2D eigenvalue weighted by Gasteiger charge is 2.15. The van der Waals surface area contributed by atoms with Crippen molar-refractivity contribution < 1.29 is 9.53 Å². The Morgan fingerprint density at radius 1 is 1.38 bits per heavy atom. The second kappa shape index (κ2) is 6.14. The maximum absolute atomic E-state index is 11.1. The summed E-state index contributed by atoms with van der Waals surface area (Å²) in [7, 11) is 0. The van der Waals surface area contributed by atoms with E-state index in [0.29, 0.717) is 13.0 Å². The van der Waals surface area contributed by atoms with E-state index in [4.69, 9.17) is 4.74 Å². The fourth-order valence-electron chi connectivity index (χ4n) is 1.87. The normalized spacial score (nSPS) is 17.9. The van der Waals surface area contributed by atoms with E-state index in [9.17, 15) is 4.79 Å². The SMILES string of the molecule is CCCC(=O)COCC1CCCC1. The number of carbonyl (C=O) groups is 1. The summed E-state index contributed by atoms with van der Waals surface area (Å²) >= 11 is 0. The van der Waals surface area contributed by atoms with Gasteiger partial charge >= 0.3 is 0 Å². The maximum atomic E-state index is 11.1. The van der Waals surface area contributed by atoms with Gasteiger partial charge in [0.1, 0.15) is 6.61 Å². The van der Waals surface area contributed by atoms with Gasteiger partial charge in [0, 0.05) is 13.0 Å². The van der Waals surface area contributed by atoms with Crippen LogP contribution in [0.15, 0.2) is 0 Å². The number of carbonyl (C=O) groups excluding carboxylic acids is 1. The molecule has 0 aromatic carbocycles. The van der Waals surface area contributed by atoms with Crippen LogP contribution in [0.3, 0.4) is 0 Å². The monoisotopic (exact) mass is 184 g/mol. The minimum Gasteiger partial charge on any atom is -0.373 e. The van der Waals surface area contributed by atoms with Crippen LogP contribution < -0.4 is 0 Å². The summed E-state index contributed by atoms with van der Waals surface area (Å²) in [6, 6.07) is 0. The number of hydrogen-bond donors (Lipinski definition) is 0. The van der Waals surface area contributed by atoms with Gasteiger partial charge in [0.15, 0.2) is 5.78 Å². The van der Waals surface area contributed by atoms with Crippen molar-refractivity contribution in [3.05, 3.63) is 0 Å². The van der Waals surface area contributed by atoms with Crippen molar-refractivity contribution >= 4 is 5.78 Å². The summed E-state index contributed by atoms with van der Waals surface area (Å²) in [5, 5.41) is 0. The molecule has 0 N–H and O–H groups in total. The lowest BCUT2D eigenvalue weighted by molar-refractivity contribution is -0.124. The van der Waals surface area contributed by atoms with Gasteiger partial charge in [-0.15, -0.1) is 0 Å². The van der Waals surface area contributed by atoms with Gasteiger partial charge in [-0.3, -0.25) is 4.79 Å². The quantitative estimate of drug-likeness (QED) is 0.634. The fourth-order valence-corrected chi connectivity index (χ4v) is 1.87. The molecule has 2 nitrogen and oxygen atoms in total. The van der Waals surface area contributed by atoms with Crippen molar-refractivity contribution in [2.24, 2.45) is 5.92 Å². The molecule has 0 aromatic heterocycles. The minimum absolute atomic E-state index is 0.250. The Bertz CT molecular complexity index is 148. The molecule has 0 saturated heterocycles. The number of ketones is 1. The second-order valence-corrected chi connectivity index (χ2v) is 3.95. The Morgan fingerprint density at radius 3 is 2.69 bits per heavy atom. The second-order valence-electron chi connectivity index (χ2n) is 3.95. The Kier molecular flexibility index (Phi) is 5.06. The summed E-state index contributed by atoms with van der Waals surface area (Å²) in [4.78, 5) is 11.1. The Hall–Kier alpha value is -0.370. The molecular formula is C11H20O2. The third-order valence-electron chi connectivity index (χ3n) is 2.62. The van der Waals surface area contributed by atoms with Gasteiger partial charge < -0.3 is 4.74 Å². The topological polar surface area (TPSA) is 26.3 Å². The highest BCUT2D eigenvalue weighted by Crippen LogP contribution is 2.24. The van der Waals surface area contributed by atoms with Gasteiger partial charge in [-0.1, -0.05) is 19.8 Å². The summed E-state index contributed by atoms with van der Waals surface area (Å²) in [5.41, 5.74) is 0. The highest BCUT2D eigenvalue weighted by molar-refractivity contribution is 5.79. The third kappa shape index (κ3) is 4.41. The van der Waals surface area contributed by atoms with Crippen molar-refractivity contribution in [1.82, 2.24) is 0 Å². The van der Waals surface area contributed by atoms with Crippen LogP contribution in [0.25, 0.3) is 0 Å². The van der Waals surface area contributed by atoms with E-state index in [1.54, 1.807) is 0 Å². The molecule has 13 heavy (non-hydrogen) atoms.